The van der Waals surface area contributed by atoms with Gasteiger partial charge in [0.1, 0.15) is 5.01 Å². The Labute approximate surface area is 167 Å². The van der Waals surface area contributed by atoms with Crippen molar-refractivity contribution in [3.05, 3.63) is 16.1 Å². The van der Waals surface area contributed by atoms with Gasteiger partial charge < -0.3 is 15.5 Å². The number of aryl methyl sites for hydroxylation is 1. The zero-order chi connectivity index (χ0) is 16.5. The second-order valence-electron chi connectivity index (χ2n) is 6.11. The first kappa shape index (κ1) is 21.6. The van der Waals surface area contributed by atoms with E-state index in [2.05, 4.69) is 46.3 Å². The van der Waals surface area contributed by atoms with E-state index in [0.29, 0.717) is 6.54 Å². The highest BCUT2D eigenvalue weighted by atomic mass is 127. The summed E-state index contributed by atoms with van der Waals surface area (Å²) in [5.41, 5.74) is 0. The number of aliphatic imine (C=N–C) groups is 1. The van der Waals surface area contributed by atoms with Gasteiger partial charge in [0, 0.05) is 30.7 Å². The quantitative estimate of drug-likeness (QED) is 0.352. The molecule has 0 spiro atoms. The molecule has 1 unspecified atom stereocenters. The van der Waals surface area contributed by atoms with Gasteiger partial charge in [-0.05, 0) is 45.2 Å². The summed E-state index contributed by atoms with van der Waals surface area (Å²) in [7, 11) is 0. The lowest BCUT2D eigenvalue weighted by Gasteiger charge is -2.16. The number of nitrogens with one attached hydrogen (secondary N) is 2. The van der Waals surface area contributed by atoms with Crippen molar-refractivity contribution < 1.29 is 0 Å². The number of aromatic nitrogens is 1. The monoisotopic (exact) mass is 465 g/mol. The minimum atomic E-state index is 0. The average molecular weight is 465 g/mol. The van der Waals surface area contributed by atoms with E-state index in [1.165, 1.54) is 37.4 Å². The zero-order valence-corrected chi connectivity index (χ0v) is 18.3. The maximum absolute atomic E-state index is 4.68. The van der Waals surface area contributed by atoms with Crippen molar-refractivity contribution in [3.63, 3.8) is 0 Å². The number of guanidine groups is 1. The molecule has 0 aromatic carbocycles. The van der Waals surface area contributed by atoms with Crippen LogP contribution in [0.25, 0.3) is 0 Å². The number of hydrogen-bond donors (Lipinski definition) is 2. The molecule has 24 heavy (non-hydrogen) atoms. The van der Waals surface area contributed by atoms with Gasteiger partial charge in [0.2, 0.25) is 0 Å². The molecule has 1 atom stereocenters. The predicted molar refractivity (Wildman–Crippen MR) is 115 cm³/mol. The summed E-state index contributed by atoms with van der Waals surface area (Å²) < 4.78 is 0. The van der Waals surface area contributed by atoms with E-state index in [4.69, 9.17) is 0 Å². The van der Waals surface area contributed by atoms with Gasteiger partial charge in [0.25, 0.3) is 0 Å². The van der Waals surface area contributed by atoms with E-state index in [1.54, 1.807) is 11.3 Å². The lowest BCUT2D eigenvalue weighted by molar-refractivity contribution is 0.324. The SMILES string of the molecule is CCCN1CCC(CNC(=NCc2ncc(CC)s2)NCC)C1.I. The third-order valence-corrected chi connectivity index (χ3v) is 5.26. The summed E-state index contributed by atoms with van der Waals surface area (Å²) in [4.78, 5) is 13.0. The first-order chi connectivity index (χ1) is 11.2. The van der Waals surface area contributed by atoms with Gasteiger partial charge in [0.05, 0.1) is 6.54 Å². The van der Waals surface area contributed by atoms with Gasteiger partial charge in [-0.2, -0.15) is 0 Å². The molecule has 0 saturated carbocycles. The largest absolute Gasteiger partial charge is 0.357 e. The topological polar surface area (TPSA) is 52.5 Å². The van der Waals surface area contributed by atoms with E-state index in [-0.39, 0.29) is 24.0 Å². The zero-order valence-electron chi connectivity index (χ0n) is 15.2. The summed E-state index contributed by atoms with van der Waals surface area (Å²) in [6.07, 6.45) is 5.56. The van der Waals surface area contributed by atoms with E-state index >= 15 is 0 Å². The number of likely N-dealkylation sites (tertiary alicyclic amines) is 1. The average Bonchev–Trinajstić information content (AvgIpc) is 3.19. The molecule has 0 amide bonds. The Morgan fingerprint density at radius 1 is 1.38 bits per heavy atom. The Morgan fingerprint density at radius 3 is 2.88 bits per heavy atom. The molecule has 1 saturated heterocycles. The van der Waals surface area contributed by atoms with Gasteiger partial charge in [-0.25, -0.2) is 9.98 Å². The highest BCUT2D eigenvalue weighted by Crippen LogP contribution is 2.16. The Bertz CT molecular complexity index is 491. The van der Waals surface area contributed by atoms with Gasteiger partial charge in [-0.15, -0.1) is 35.3 Å². The van der Waals surface area contributed by atoms with E-state index in [9.17, 15) is 0 Å². The molecule has 0 radical (unpaired) electrons. The Kier molecular flexibility index (Phi) is 10.8. The van der Waals surface area contributed by atoms with Crippen molar-refractivity contribution in [1.82, 2.24) is 20.5 Å². The second kappa shape index (κ2) is 12.0. The highest BCUT2D eigenvalue weighted by Gasteiger charge is 2.21. The normalized spacial score (nSPS) is 18.5. The van der Waals surface area contributed by atoms with Crippen LogP contribution in [0.15, 0.2) is 11.2 Å². The molecule has 2 heterocycles. The summed E-state index contributed by atoms with van der Waals surface area (Å²) >= 11 is 1.76. The molecular weight excluding hydrogens is 433 g/mol. The maximum Gasteiger partial charge on any atom is 0.191 e. The van der Waals surface area contributed by atoms with Crippen LogP contribution in [-0.2, 0) is 13.0 Å². The first-order valence-corrected chi connectivity index (χ1v) is 9.74. The number of thiazole rings is 1. The molecule has 1 aromatic rings. The van der Waals surface area contributed by atoms with Gasteiger partial charge in [-0.3, -0.25) is 0 Å². The molecule has 1 fully saturated rings. The Balaban J connectivity index is 0.00000288. The number of nitrogens with zero attached hydrogens (tertiary/aromatic N) is 3. The number of rotatable bonds is 8. The molecule has 1 aromatic heterocycles. The van der Waals surface area contributed by atoms with Crippen LogP contribution in [0.3, 0.4) is 0 Å². The van der Waals surface area contributed by atoms with Crippen molar-refractivity contribution in [2.45, 2.75) is 46.6 Å². The van der Waals surface area contributed by atoms with Crippen molar-refractivity contribution >= 4 is 41.3 Å². The van der Waals surface area contributed by atoms with Gasteiger partial charge in [-0.1, -0.05) is 13.8 Å². The third kappa shape index (κ3) is 7.23. The van der Waals surface area contributed by atoms with Crippen LogP contribution in [0.5, 0.6) is 0 Å². The predicted octanol–water partition coefficient (Wildman–Crippen LogP) is 3.11. The lowest BCUT2D eigenvalue weighted by atomic mass is 10.1. The minimum Gasteiger partial charge on any atom is -0.357 e. The smallest absolute Gasteiger partial charge is 0.191 e. The standard InChI is InChI=1S/C17H31N5S.HI/c1-4-8-22-9-7-14(13-22)10-20-17(18-6-3)21-12-16-19-11-15(5-2)23-16;/h11,14H,4-10,12-13H2,1-3H3,(H2,18,20,21);1H. The van der Waals surface area contributed by atoms with Crippen LogP contribution in [0.4, 0.5) is 0 Å². The highest BCUT2D eigenvalue weighted by molar-refractivity contribution is 14.0. The summed E-state index contributed by atoms with van der Waals surface area (Å²) in [6, 6.07) is 0. The van der Waals surface area contributed by atoms with E-state index < -0.39 is 0 Å². The van der Waals surface area contributed by atoms with Crippen molar-refractivity contribution in [1.29, 1.82) is 0 Å². The molecular formula is C17H32IN5S. The van der Waals surface area contributed by atoms with Crippen molar-refractivity contribution in [3.8, 4) is 0 Å². The fraction of sp³-hybridized carbons (Fsp3) is 0.765. The Hall–Kier alpha value is -0.410. The minimum absolute atomic E-state index is 0. The van der Waals surface area contributed by atoms with Crippen LogP contribution in [0.1, 0.15) is 43.5 Å². The molecule has 1 aliphatic heterocycles. The molecule has 0 bridgehead atoms. The molecule has 1 aliphatic rings. The number of hydrogen-bond acceptors (Lipinski definition) is 4. The maximum atomic E-state index is 4.68. The lowest BCUT2D eigenvalue weighted by Crippen LogP contribution is -2.40. The molecule has 138 valence electrons. The van der Waals surface area contributed by atoms with E-state index in [1.807, 2.05) is 6.20 Å². The molecule has 5 nitrogen and oxygen atoms in total. The number of halogens is 1. The Morgan fingerprint density at radius 2 is 2.21 bits per heavy atom. The fourth-order valence-corrected chi connectivity index (χ4v) is 3.70. The fourth-order valence-electron chi connectivity index (χ4n) is 2.91. The van der Waals surface area contributed by atoms with Gasteiger partial charge >= 0.3 is 0 Å². The molecule has 2 rings (SSSR count). The van der Waals surface area contributed by atoms with Crippen LogP contribution >= 0.6 is 35.3 Å². The van der Waals surface area contributed by atoms with E-state index in [0.717, 1.165) is 36.4 Å². The summed E-state index contributed by atoms with van der Waals surface area (Å²) in [5.74, 6) is 1.65. The molecule has 0 aliphatic carbocycles. The summed E-state index contributed by atoms with van der Waals surface area (Å²) in [6.45, 7) is 12.8. The summed E-state index contributed by atoms with van der Waals surface area (Å²) in [5, 5.41) is 7.93. The van der Waals surface area contributed by atoms with Crippen molar-refractivity contribution in [2.75, 3.05) is 32.7 Å². The first-order valence-electron chi connectivity index (χ1n) is 8.93. The van der Waals surface area contributed by atoms with Crippen LogP contribution in [0.2, 0.25) is 0 Å². The third-order valence-electron chi connectivity index (χ3n) is 4.13. The molecule has 2 N–H and O–H groups in total. The van der Waals surface area contributed by atoms with Crippen LogP contribution in [0, 0.1) is 5.92 Å². The second-order valence-corrected chi connectivity index (χ2v) is 7.30. The van der Waals surface area contributed by atoms with Crippen LogP contribution < -0.4 is 10.6 Å². The van der Waals surface area contributed by atoms with Crippen LogP contribution in [-0.4, -0.2) is 48.6 Å². The van der Waals surface area contributed by atoms with Crippen molar-refractivity contribution in [2.24, 2.45) is 10.9 Å². The molecule has 7 heteroatoms. The van der Waals surface area contributed by atoms with Gasteiger partial charge in [0.15, 0.2) is 5.96 Å².